The van der Waals surface area contributed by atoms with Crippen LogP contribution in [0, 0.1) is 0 Å². The van der Waals surface area contributed by atoms with Crippen molar-refractivity contribution in [3.8, 4) is 0 Å². The van der Waals surface area contributed by atoms with Crippen molar-refractivity contribution in [3.05, 3.63) is 83.2 Å². The van der Waals surface area contributed by atoms with Gasteiger partial charge >= 0.3 is 5.97 Å². The monoisotopic (exact) mass is 268 g/mol. The number of ether oxygens (including phenoxy) is 1. The molecule has 20 heavy (non-hydrogen) atoms. The molecule has 0 bridgehead atoms. The first-order valence-corrected chi connectivity index (χ1v) is 6.37. The lowest BCUT2D eigenvalue weighted by Crippen LogP contribution is -2.29. The van der Waals surface area contributed by atoms with E-state index in [0.717, 1.165) is 0 Å². The molecule has 1 aliphatic heterocycles. The smallest absolute Gasteiger partial charge is 0.338 e. The maximum atomic E-state index is 14.8. The number of halogens is 1. The minimum atomic E-state index is -1.45. The molecule has 1 heterocycles. The maximum Gasteiger partial charge on any atom is 0.338 e. The van der Waals surface area contributed by atoms with Crippen molar-refractivity contribution in [2.45, 2.75) is 12.5 Å². The molecule has 2 nitrogen and oxygen atoms in total. The summed E-state index contributed by atoms with van der Waals surface area (Å²) in [6.45, 7) is 1.45. The third-order valence-electron chi connectivity index (χ3n) is 3.55. The minimum Gasteiger partial charge on any atom is -0.438 e. The Bertz CT molecular complexity index is 635. The minimum absolute atomic E-state index is 0.0257. The van der Waals surface area contributed by atoms with Gasteiger partial charge in [0.25, 0.3) is 0 Å². The Hall–Kier alpha value is -2.42. The SMILES string of the molecule is CC1=C(F)C(c2ccccc2)(c2ccccc2)OC1=O. The number of carbonyl (C=O) groups is 1. The quantitative estimate of drug-likeness (QED) is 0.776. The highest BCUT2D eigenvalue weighted by Gasteiger charge is 2.50. The van der Waals surface area contributed by atoms with Gasteiger partial charge in [-0.1, -0.05) is 60.7 Å². The standard InChI is InChI=1S/C17H13FO2/c1-12-15(18)17(20-16(12)19,13-8-4-2-5-9-13)14-10-6-3-7-11-14/h2-11H,1H3. The molecule has 0 atom stereocenters. The molecule has 0 aliphatic carbocycles. The second-order valence-corrected chi connectivity index (χ2v) is 4.74. The molecule has 0 saturated carbocycles. The predicted molar refractivity (Wildman–Crippen MR) is 73.6 cm³/mol. The van der Waals surface area contributed by atoms with E-state index in [1.807, 2.05) is 12.1 Å². The topological polar surface area (TPSA) is 26.3 Å². The van der Waals surface area contributed by atoms with Crippen molar-refractivity contribution in [1.29, 1.82) is 0 Å². The van der Waals surface area contributed by atoms with Crippen LogP contribution in [-0.2, 0) is 15.1 Å². The van der Waals surface area contributed by atoms with Gasteiger partial charge in [-0.15, -0.1) is 0 Å². The second-order valence-electron chi connectivity index (χ2n) is 4.74. The molecule has 0 N–H and O–H groups in total. The molecule has 2 aromatic rings. The first-order chi connectivity index (χ1) is 9.66. The van der Waals surface area contributed by atoms with Gasteiger partial charge in [-0.05, 0) is 6.92 Å². The highest BCUT2D eigenvalue weighted by Crippen LogP contribution is 2.46. The van der Waals surface area contributed by atoms with Crippen LogP contribution in [0.25, 0.3) is 0 Å². The van der Waals surface area contributed by atoms with Gasteiger partial charge in [-0.3, -0.25) is 0 Å². The van der Waals surface area contributed by atoms with E-state index in [9.17, 15) is 9.18 Å². The summed E-state index contributed by atoms with van der Waals surface area (Å²) < 4.78 is 20.2. The van der Waals surface area contributed by atoms with Gasteiger partial charge < -0.3 is 4.74 Å². The number of cyclic esters (lactones) is 1. The Morgan fingerprint density at radius 1 is 0.900 bits per heavy atom. The summed E-state index contributed by atoms with van der Waals surface area (Å²) in [5.41, 5.74) is -0.218. The molecular weight excluding hydrogens is 255 g/mol. The number of hydrogen-bond donors (Lipinski definition) is 0. The molecule has 2 aromatic carbocycles. The zero-order chi connectivity index (χ0) is 14.2. The van der Waals surface area contributed by atoms with E-state index in [1.54, 1.807) is 48.5 Å². The predicted octanol–water partition coefficient (Wildman–Crippen LogP) is 3.73. The summed E-state index contributed by atoms with van der Waals surface area (Å²) in [6, 6.07) is 17.9. The van der Waals surface area contributed by atoms with E-state index in [-0.39, 0.29) is 5.57 Å². The van der Waals surface area contributed by atoms with Crippen LogP contribution in [0.15, 0.2) is 72.1 Å². The molecule has 3 rings (SSSR count). The average Bonchev–Trinajstić information content (AvgIpc) is 2.74. The van der Waals surface area contributed by atoms with Gasteiger partial charge in [-0.2, -0.15) is 0 Å². The molecule has 0 aromatic heterocycles. The Kier molecular flexibility index (Phi) is 2.90. The molecule has 3 heteroatoms. The first-order valence-electron chi connectivity index (χ1n) is 6.37. The van der Waals surface area contributed by atoms with Crippen molar-refractivity contribution in [2.75, 3.05) is 0 Å². The first kappa shape index (κ1) is 12.6. The van der Waals surface area contributed by atoms with Crippen LogP contribution in [0.3, 0.4) is 0 Å². The van der Waals surface area contributed by atoms with Crippen LogP contribution in [0.5, 0.6) is 0 Å². The Morgan fingerprint density at radius 2 is 1.35 bits per heavy atom. The molecular formula is C17H13FO2. The summed E-state index contributed by atoms with van der Waals surface area (Å²) >= 11 is 0. The molecule has 0 unspecified atom stereocenters. The summed E-state index contributed by atoms with van der Waals surface area (Å²) in [4.78, 5) is 11.8. The van der Waals surface area contributed by atoms with Crippen molar-refractivity contribution < 1.29 is 13.9 Å². The molecule has 100 valence electrons. The van der Waals surface area contributed by atoms with Gasteiger partial charge in [-0.25, -0.2) is 9.18 Å². The number of carbonyl (C=O) groups excluding carboxylic acids is 1. The van der Waals surface area contributed by atoms with Crippen molar-refractivity contribution in [3.63, 3.8) is 0 Å². The molecule has 0 radical (unpaired) electrons. The van der Waals surface area contributed by atoms with Gasteiger partial charge in [0.05, 0.1) is 5.57 Å². The van der Waals surface area contributed by atoms with Crippen LogP contribution < -0.4 is 0 Å². The van der Waals surface area contributed by atoms with E-state index in [1.165, 1.54) is 6.92 Å². The van der Waals surface area contributed by atoms with Crippen LogP contribution in [0.1, 0.15) is 18.1 Å². The normalized spacial score (nSPS) is 17.2. The Morgan fingerprint density at radius 3 is 1.70 bits per heavy atom. The molecule has 1 aliphatic rings. The fourth-order valence-electron chi connectivity index (χ4n) is 2.50. The second kappa shape index (κ2) is 4.60. The third-order valence-corrected chi connectivity index (χ3v) is 3.55. The van der Waals surface area contributed by atoms with E-state index in [2.05, 4.69) is 0 Å². The number of benzene rings is 2. The van der Waals surface area contributed by atoms with Gasteiger partial charge in [0.1, 0.15) is 0 Å². The third kappa shape index (κ3) is 1.67. The number of esters is 1. The van der Waals surface area contributed by atoms with Crippen LogP contribution in [0.4, 0.5) is 4.39 Å². The van der Waals surface area contributed by atoms with Crippen LogP contribution in [-0.4, -0.2) is 5.97 Å². The van der Waals surface area contributed by atoms with E-state index in [4.69, 9.17) is 4.74 Å². The summed E-state index contributed by atoms with van der Waals surface area (Å²) in [5.74, 6) is -1.16. The zero-order valence-corrected chi connectivity index (χ0v) is 11.0. The lowest BCUT2D eigenvalue weighted by Gasteiger charge is -2.28. The molecule has 0 saturated heterocycles. The number of rotatable bonds is 2. The highest BCUT2D eigenvalue weighted by molar-refractivity contribution is 5.92. The number of hydrogen-bond acceptors (Lipinski definition) is 2. The molecule has 0 spiro atoms. The summed E-state index contributed by atoms with van der Waals surface area (Å²) in [6.07, 6.45) is 0. The maximum absolute atomic E-state index is 14.8. The summed E-state index contributed by atoms with van der Waals surface area (Å²) in [7, 11) is 0. The fraction of sp³-hybridized carbons (Fsp3) is 0.118. The van der Waals surface area contributed by atoms with E-state index in [0.29, 0.717) is 11.1 Å². The van der Waals surface area contributed by atoms with E-state index < -0.39 is 17.4 Å². The van der Waals surface area contributed by atoms with Crippen LogP contribution >= 0.6 is 0 Å². The van der Waals surface area contributed by atoms with Crippen LogP contribution in [0.2, 0.25) is 0 Å². The zero-order valence-electron chi connectivity index (χ0n) is 11.0. The Balaban J connectivity index is 2.29. The summed E-state index contributed by atoms with van der Waals surface area (Å²) in [5, 5.41) is 0. The fourth-order valence-corrected chi connectivity index (χ4v) is 2.50. The van der Waals surface area contributed by atoms with Crippen molar-refractivity contribution >= 4 is 5.97 Å². The lowest BCUT2D eigenvalue weighted by molar-refractivity contribution is -0.145. The Labute approximate surface area is 116 Å². The lowest BCUT2D eigenvalue weighted by atomic mass is 9.85. The largest absolute Gasteiger partial charge is 0.438 e. The van der Waals surface area contributed by atoms with Crippen molar-refractivity contribution in [1.82, 2.24) is 0 Å². The van der Waals surface area contributed by atoms with Crippen molar-refractivity contribution in [2.24, 2.45) is 0 Å². The van der Waals surface area contributed by atoms with Gasteiger partial charge in [0.2, 0.25) is 5.60 Å². The van der Waals surface area contributed by atoms with Gasteiger partial charge in [0.15, 0.2) is 5.83 Å². The highest BCUT2D eigenvalue weighted by atomic mass is 19.1. The molecule has 0 amide bonds. The average molecular weight is 268 g/mol. The van der Waals surface area contributed by atoms with Gasteiger partial charge in [0, 0.05) is 11.1 Å². The van der Waals surface area contributed by atoms with E-state index >= 15 is 0 Å². The molecule has 0 fully saturated rings.